The molecule has 0 heterocycles. The van der Waals surface area contributed by atoms with Gasteiger partial charge in [-0.3, -0.25) is 0 Å². The molecule has 0 amide bonds. The molecule has 0 fully saturated rings. The van der Waals surface area contributed by atoms with E-state index in [2.05, 4.69) is 46.8 Å². The maximum atomic E-state index is 5.58. The molecule has 0 spiro atoms. The van der Waals surface area contributed by atoms with E-state index in [4.69, 9.17) is 4.74 Å². The molecule has 0 aliphatic heterocycles. The minimum absolute atomic E-state index is 0.512. The fourth-order valence-electron chi connectivity index (χ4n) is 2.11. The van der Waals surface area contributed by atoms with Crippen LogP contribution in [0.15, 0.2) is 12.1 Å². The monoisotopic (exact) mass is 206 g/mol. The van der Waals surface area contributed by atoms with Crippen molar-refractivity contribution in [2.75, 3.05) is 7.11 Å². The van der Waals surface area contributed by atoms with Gasteiger partial charge in [0.15, 0.2) is 0 Å². The molecule has 0 bridgehead atoms. The Morgan fingerprint density at radius 1 is 1.00 bits per heavy atom. The van der Waals surface area contributed by atoms with Gasteiger partial charge in [-0.15, -0.1) is 0 Å². The van der Waals surface area contributed by atoms with E-state index >= 15 is 0 Å². The van der Waals surface area contributed by atoms with E-state index in [0.29, 0.717) is 11.8 Å². The summed E-state index contributed by atoms with van der Waals surface area (Å²) in [5.74, 6) is 2.11. The first kappa shape index (κ1) is 12.1. The molecule has 0 aromatic heterocycles. The number of ether oxygens (including phenoxy) is 1. The number of benzene rings is 1. The molecular formula is C14H22O. The lowest BCUT2D eigenvalue weighted by molar-refractivity contribution is 0.399. The summed E-state index contributed by atoms with van der Waals surface area (Å²) >= 11 is 0. The summed E-state index contributed by atoms with van der Waals surface area (Å²) in [6, 6.07) is 4.39. The molecule has 0 N–H and O–H groups in total. The smallest absolute Gasteiger partial charge is 0.126 e. The summed E-state index contributed by atoms with van der Waals surface area (Å²) < 4.78 is 5.58. The molecule has 15 heavy (non-hydrogen) atoms. The zero-order valence-corrected chi connectivity index (χ0v) is 10.7. The Morgan fingerprint density at radius 3 is 2.00 bits per heavy atom. The SMILES string of the molecule is COc1c(C(C)C)ccc(C)c1C(C)C. The molecule has 0 aliphatic rings. The number of hydrogen-bond donors (Lipinski definition) is 0. The van der Waals surface area contributed by atoms with E-state index in [1.165, 1.54) is 16.7 Å². The van der Waals surface area contributed by atoms with Crippen LogP contribution in [0.25, 0.3) is 0 Å². The number of rotatable bonds is 3. The average molecular weight is 206 g/mol. The number of aryl methyl sites for hydroxylation is 1. The predicted molar refractivity (Wildman–Crippen MR) is 65.9 cm³/mol. The minimum atomic E-state index is 0.512. The largest absolute Gasteiger partial charge is 0.496 e. The van der Waals surface area contributed by atoms with Crippen LogP contribution in [0.2, 0.25) is 0 Å². The van der Waals surface area contributed by atoms with Crippen molar-refractivity contribution in [3.8, 4) is 5.75 Å². The summed E-state index contributed by atoms with van der Waals surface area (Å²) in [6.45, 7) is 11.0. The lowest BCUT2D eigenvalue weighted by Crippen LogP contribution is -2.02. The Balaban J connectivity index is 3.40. The molecule has 1 aromatic carbocycles. The maximum absolute atomic E-state index is 5.58. The highest BCUT2D eigenvalue weighted by molar-refractivity contribution is 5.49. The van der Waals surface area contributed by atoms with Crippen LogP contribution in [0.5, 0.6) is 5.75 Å². The molecule has 1 nitrogen and oxygen atoms in total. The van der Waals surface area contributed by atoms with Gasteiger partial charge in [0.1, 0.15) is 5.75 Å². The van der Waals surface area contributed by atoms with Crippen molar-refractivity contribution < 1.29 is 4.74 Å². The number of methoxy groups -OCH3 is 1. The van der Waals surface area contributed by atoms with Gasteiger partial charge in [0.25, 0.3) is 0 Å². The van der Waals surface area contributed by atoms with Crippen LogP contribution in [0.3, 0.4) is 0 Å². The van der Waals surface area contributed by atoms with Crippen LogP contribution < -0.4 is 4.74 Å². The van der Waals surface area contributed by atoms with Crippen molar-refractivity contribution in [3.05, 3.63) is 28.8 Å². The Morgan fingerprint density at radius 2 is 1.60 bits per heavy atom. The van der Waals surface area contributed by atoms with Gasteiger partial charge in [0.05, 0.1) is 7.11 Å². The average Bonchev–Trinajstić information content (AvgIpc) is 2.15. The fraction of sp³-hybridized carbons (Fsp3) is 0.571. The van der Waals surface area contributed by atoms with E-state index in [1.54, 1.807) is 7.11 Å². The first-order valence-electron chi connectivity index (χ1n) is 5.66. The molecule has 0 saturated carbocycles. The zero-order valence-electron chi connectivity index (χ0n) is 10.7. The van der Waals surface area contributed by atoms with Crippen molar-refractivity contribution in [1.82, 2.24) is 0 Å². The fourth-order valence-corrected chi connectivity index (χ4v) is 2.11. The quantitative estimate of drug-likeness (QED) is 0.718. The highest BCUT2D eigenvalue weighted by atomic mass is 16.5. The highest BCUT2D eigenvalue weighted by Crippen LogP contribution is 2.36. The second kappa shape index (κ2) is 4.69. The summed E-state index contributed by atoms with van der Waals surface area (Å²) in [5, 5.41) is 0. The topological polar surface area (TPSA) is 9.23 Å². The Hall–Kier alpha value is -0.980. The van der Waals surface area contributed by atoms with Crippen molar-refractivity contribution in [3.63, 3.8) is 0 Å². The Labute approximate surface area is 93.5 Å². The second-order valence-corrected chi connectivity index (χ2v) is 4.73. The Bertz CT molecular complexity index is 337. The van der Waals surface area contributed by atoms with E-state index < -0.39 is 0 Å². The van der Waals surface area contributed by atoms with Crippen molar-refractivity contribution in [2.24, 2.45) is 0 Å². The standard InChI is InChI=1S/C14H22O/c1-9(2)12-8-7-11(5)13(10(3)4)14(12)15-6/h7-10H,1-6H3. The second-order valence-electron chi connectivity index (χ2n) is 4.73. The van der Waals surface area contributed by atoms with E-state index in [1.807, 2.05) is 0 Å². The Kier molecular flexibility index (Phi) is 3.78. The zero-order chi connectivity index (χ0) is 11.6. The molecule has 0 aliphatic carbocycles. The normalized spacial score (nSPS) is 11.2. The predicted octanol–water partition coefficient (Wildman–Crippen LogP) is 4.25. The summed E-state index contributed by atoms with van der Waals surface area (Å²) in [6.07, 6.45) is 0. The van der Waals surface area contributed by atoms with E-state index in [-0.39, 0.29) is 0 Å². The molecule has 1 heteroatoms. The van der Waals surface area contributed by atoms with Gasteiger partial charge < -0.3 is 4.74 Å². The lowest BCUT2D eigenvalue weighted by Gasteiger charge is -2.20. The summed E-state index contributed by atoms with van der Waals surface area (Å²) in [4.78, 5) is 0. The molecule has 0 unspecified atom stereocenters. The molecule has 84 valence electrons. The van der Waals surface area contributed by atoms with Gasteiger partial charge in [0.2, 0.25) is 0 Å². The van der Waals surface area contributed by atoms with Crippen molar-refractivity contribution in [2.45, 2.75) is 46.5 Å². The van der Waals surface area contributed by atoms with E-state index in [9.17, 15) is 0 Å². The molecule has 1 rings (SSSR count). The lowest BCUT2D eigenvalue weighted by atomic mass is 9.90. The molecule has 0 atom stereocenters. The van der Waals surface area contributed by atoms with Crippen molar-refractivity contribution >= 4 is 0 Å². The third-order valence-electron chi connectivity index (χ3n) is 2.85. The van der Waals surface area contributed by atoms with Crippen LogP contribution in [0.4, 0.5) is 0 Å². The first-order chi connectivity index (χ1) is 6.99. The first-order valence-corrected chi connectivity index (χ1v) is 5.66. The van der Waals surface area contributed by atoms with Crippen LogP contribution in [0, 0.1) is 6.92 Å². The van der Waals surface area contributed by atoms with Gasteiger partial charge in [-0.1, -0.05) is 39.8 Å². The third-order valence-corrected chi connectivity index (χ3v) is 2.85. The maximum Gasteiger partial charge on any atom is 0.126 e. The van der Waals surface area contributed by atoms with Gasteiger partial charge in [0, 0.05) is 0 Å². The van der Waals surface area contributed by atoms with Gasteiger partial charge in [-0.25, -0.2) is 0 Å². The number of hydrogen-bond acceptors (Lipinski definition) is 1. The highest BCUT2D eigenvalue weighted by Gasteiger charge is 2.16. The van der Waals surface area contributed by atoms with Gasteiger partial charge in [-0.2, -0.15) is 0 Å². The molecule has 0 radical (unpaired) electrons. The van der Waals surface area contributed by atoms with E-state index in [0.717, 1.165) is 5.75 Å². The molecular weight excluding hydrogens is 184 g/mol. The van der Waals surface area contributed by atoms with Crippen molar-refractivity contribution in [1.29, 1.82) is 0 Å². The van der Waals surface area contributed by atoms with Gasteiger partial charge in [-0.05, 0) is 35.4 Å². The van der Waals surface area contributed by atoms with Gasteiger partial charge >= 0.3 is 0 Å². The minimum Gasteiger partial charge on any atom is -0.496 e. The molecule has 0 saturated heterocycles. The summed E-state index contributed by atoms with van der Waals surface area (Å²) in [5.41, 5.74) is 3.99. The van der Waals surface area contributed by atoms with Crippen LogP contribution >= 0.6 is 0 Å². The van der Waals surface area contributed by atoms with Crippen LogP contribution in [-0.2, 0) is 0 Å². The van der Waals surface area contributed by atoms with Crippen LogP contribution in [-0.4, -0.2) is 7.11 Å². The molecule has 1 aromatic rings. The summed E-state index contributed by atoms with van der Waals surface area (Å²) in [7, 11) is 1.77. The third kappa shape index (κ3) is 2.34. The van der Waals surface area contributed by atoms with Crippen LogP contribution in [0.1, 0.15) is 56.2 Å².